The number of carboxylic acids is 1. The Bertz CT molecular complexity index is 1220. The molecular weight excluding hydrogens is 470 g/mol. The molecule has 0 heterocycles. The molecule has 0 radical (unpaired) electrons. The predicted octanol–water partition coefficient (Wildman–Crippen LogP) is 4.16. The molecule has 0 bridgehead atoms. The van der Waals surface area contributed by atoms with E-state index in [1.165, 1.54) is 7.11 Å². The number of ketones is 2. The van der Waals surface area contributed by atoms with Gasteiger partial charge >= 0.3 is 5.97 Å². The standard InChI is InChI=1S/C30H33NO6/c1-37-20-27(28(33)17-15-23-12-7-11-22-10-5-6-13-26(22)23)31-30(36)24(19-29(34)35)18-25(32)16-14-21-8-3-2-4-9-21/h2-13,24,27H,14-20H2,1H3,(H,31,36)(H,34,35)/t24-,27-/m0/s1. The van der Waals surface area contributed by atoms with E-state index < -0.39 is 30.3 Å². The number of aryl methyl sites for hydroxylation is 2. The number of carbonyl (C=O) groups is 4. The van der Waals surface area contributed by atoms with Crippen molar-refractivity contribution >= 4 is 34.2 Å². The summed E-state index contributed by atoms with van der Waals surface area (Å²) in [6.07, 6.45) is 0.704. The summed E-state index contributed by atoms with van der Waals surface area (Å²) in [5.41, 5.74) is 2.02. The summed E-state index contributed by atoms with van der Waals surface area (Å²) in [7, 11) is 1.43. The summed E-state index contributed by atoms with van der Waals surface area (Å²) in [4.78, 5) is 50.0. The third-order valence-electron chi connectivity index (χ3n) is 6.36. The normalized spacial score (nSPS) is 12.6. The highest BCUT2D eigenvalue weighted by Gasteiger charge is 2.28. The van der Waals surface area contributed by atoms with Crippen molar-refractivity contribution in [3.8, 4) is 0 Å². The summed E-state index contributed by atoms with van der Waals surface area (Å²) in [6.45, 7) is -0.0398. The first kappa shape index (κ1) is 27.7. The van der Waals surface area contributed by atoms with Crippen LogP contribution < -0.4 is 5.32 Å². The van der Waals surface area contributed by atoms with Gasteiger partial charge in [0.1, 0.15) is 11.8 Å². The van der Waals surface area contributed by atoms with Crippen LogP contribution in [0.25, 0.3) is 10.8 Å². The van der Waals surface area contributed by atoms with Crippen LogP contribution in [0.2, 0.25) is 0 Å². The van der Waals surface area contributed by atoms with Crippen LogP contribution in [-0.2, 0) is 36.8 Å². The molecule has 7 nitrogen and oxygen atoms in total. The third kappa shape index (κ3) is 8.65. The molecule has 0 aliphatic heterocycles. The average Bonchev–Trinajstić information content (AvgIpc) is 2.90. The van der Waals surface area contributed by atoms with Gasteiger partial charge in [0.2, 0.25) is 5.91 Å². The number of benzene rings is 3. The number of hydrogen-bond donors (Lipinski definition) is 2. The Morgan fingerprint density at radius 1 is 0.838 bits per heavy atom. The summed E-state index contributed by atoms with van der Waals surface area (Å²) in [6, 6.07) is 22.4. The highest BCUT2D eigenvalue weighted by molar-refractivity contribution is 5.94. The largest absolute Gasteiger partial charge is 0.481 e. The Balaban J connectivity index is 1.61. The average molecular weight is 504 g/mol. The number of hydrogen-bond acceptors (Lipinski definition) is 5. The topological polar surface area (TPSA) is 110 Å². The molecule has 0 fully saturated rings. The maximum absolute atomic E-state index is 13.0. The van der Waals surface area contributed by atoms with Gasteiger partial charge in [0.15, 0.2) is 5.78 Å². The molecule has 3 rings (SSSR count). The van der Waals surface area contributed by atoms with E-state index in [0.29, 0.717) is 12.8 Å². The SMILES string of the molecule is COC[C@H](NC(=O)[C@H](CC(=O)O)CC(=O)CCc1ccccc1)C(=O)CCc1cccc2ccccc12. The molecule has 37 heavy (non-hydrogen) atoms. The van der Waals surface area contributed by atoms with E-state index in [1.54, 1.807) is 0 Å². The minimum absolute atomic E-state index is 0.0398. The summed E-state index contributed by atoms with van der Waals surface area (Å²) >= 11 is 0. The zero-order chi connectivity index (χ0) is 26.6. The lowest BCUT2D eigenvalue weighted by atomic mass is 9.94. The number of carboxylic acid groups (broad SMARTS) is 1. The van der Waals surface area contributed by atoms with Crippen molar-refractivity contribution in [1.82, 2.24) is 5.32 Å². The first-order chi connectivity index (χ1) is 17.9. The number of aliphatic carboxylic acids is 1. The predicted molar refractivity (Wildman–Crippen MR) is 141 cm³/mol. The lowest BCUT2D eigenvalue weighted by Crippen LogP contribution is -2.47. The van der Waals surface area contributed by atoms with Crippen LogP contribution in [0, 0.1) is 5.92 Å². The van der Waals surface area contributed by atoms with Crippen LogP contribution in [0.4, 0.5) is 0 Å². The number of carbonyl (C=O) groups excluding carboxylic acids is 3. The van der Waals surface area contributed by atoms with Crippen LogP contribution in [0.1, 0.15) is 36.8 Å². The zero-order valence-electron chi connectivity index (χ0n) is 21.0. The van der Waals surface area contributed by atoms with Crippen LogP contribution in [0.3, 0.4) is 0 Å². The van der Waals surface area contributed by atoms with Crippen LogP contribution in [-0.4, -0.2) is 48.3 Å². The van der Waals surface area contributed by atoms with Crippen molar-refractivity contribution in [2.24, 2.45) is 5.92 Å². The first-order valence-electron chi connectivity index (χ1n) is 12.4. The number of Topliss-reactive ketones (excluding diaryl/α,β-unsaturated/α-hetero) is 2. The van der Waals surface area contributed by atoms with E-state index in [9.17, 15) is 24.3 Å². The van der Waals surface area contributed by atoms with Crippen molar-refractivity contribution in [2.75, 3.05) is 13.7 Å². The van der Waals surface area contributed by atoms with Crippen molar-refractivity contribution < 1.29 is 29.0 Å². The van der Waals surface area contributed by atoms with E-state index in [1.807, 2.05) is 72.8 Å². The van der Waals surface area contributed by atoms with E-state index in [4.69, 9.17) is 4.74 Å². The maximum Gasteiger partial charge on any atom is 0.304 e. The molecule has 0 saturated heterocycles. The molecule has 3 aromatic rings. The summed E-state index contributed by atoms with van der Waals surface area (Å²) < 4.78 is 5.16. The van der Waals surface area contributed by atoms with Crippen LogP contribution in [0.5, 0.6) is 0 Å². The molecule has 1 amide bonds. The summed E-state index contributed by atoms with van der Waals surface area (Å²) in [5.74, 6) is -3.29. The molecule has 0 spiro atoms. The molecule has 2 N–H and O–H groups in total. The number of amides is 1. The molecule has 7 heteroatoms. The van der Waals surface area contributed by atoms with Gasteiger partial charge in [-0.2, -0.15) is 0 Å². The lowest BCUT2D eigenvalue weighted by Gasteiger charge is -2.21. The van der Waals surface area contributed by atoms with Gasteiger partial charge in [-0.25, -0.2) is 0 Å². The number of rotatable bonds is 15. The number of fused-ring (bicyclic) bond motifs is 1. The summed E-state index contributed by atoms with van der Waals surface area (Å²) in [5, 5.41) is 14.1. The monoisotopic (exact) mass is 503 g/mol. The smallest absolute Gasteiger partial charge is 0.304 e. The van der Waals surface area contributed by atoms with Gasteiger partial charge in [0.25, 0.3) is 0 Å². The third-order valence-corrected chi connectivity index (χ3v) is 6.36. The van der Waals surface area contributed by atoms with E-state index in [-0.39, 0.29) is 37.4 Å². The molecule has 0 aromatic heterocycles. The zero-order valence-corrected chi connectivity index (χ0v) is 21.0. The van der Waals surface area contributed by atoms with Crippen molar-refractivity contribution in [3.05, 3.63) is 83.9 Å². The second kappa shape index (κ2) is 14.0. The Kier molecular flexibility index (Phi) is 10.5. The van der Waals surface area contributed by atoms with Gasteiger partial charge in [-0.1, -0.05) is 72.8 Å². The fourth-order valence-corrected chi connectivity index (χ4v) is 4.39. The molecule has 0 saturated carbocycles. The second-order valence-corrected chi connectivity index (χ2v) is 9.14. The van der Waals surface area contributed by atoms with Gasteiger partial charge in [-0.15, -0.1) is 0 Å². The molecule has 0 aliphatic carbocycles. The second-order valence-electron chi connectivity index (χ2n) is 9.14. The highest BCUT2D eigenvalue weighted by atomic mass is 16.5. The van der Waals surface area contributed by atoms with Crippen molar-refractivity contribution in [3.63, 3.8) is 0 Å². The maximum atomic E-state index is 13.0. The van der Waals surface area contributed by atoms with E-state index >= 15 is 0 Å². The number of nitrogens with one attached hydrogen (secondary N) is 1. The minimum Gasteiger partial charge on any atom is -0.481 e. The molecule has 3 aromatic carbocycles. The van der Waals surface area contributed by atoms with Gasteiger partial charge in [-0.3, -0.25) is 19.2 Å². The van der Waals surface area contributed by atoms with Crippen molar-refractivity contribution in [1.29, 1.82) is 0 Å². The van der Waals surface area contributed by atoms with Gasteiger partial charge < -0.3 is 15.2 Å². The number of methoxy groups -OCH3 is 1. The Morgan fingerprint density at radius 2 is 1.54 bits per heavy atom. The Hall–Kier alpha value is -3.84. The van der Waals surface area contributed by atoms with E-state index in [2.05, 4.69) is 5.32 Å². The first-order valence-corrected chi connectivity index (χ1v) is 12.4. The lowest BCUT2D eigenvalue weighted by molar-refractivity contribution is -0.142. The molecule has 194 valence electrons. The fourth-order valence-electron chi connectivity index (χ4n) is 4.39. The Labute approximate surface area is 216 Å². The minimum atomic E-state index is -1.18. The molecule has 2 atom stereocenters. The van der Waals surface area contributed by atoms with Gasteiger partial charge in [-0.05, 0) is 34.7 Å². The fraction of sp³-hybridized carbons (Fsp3) is 0.333. The molecule has 0 aliphatic rings. The van der Waals surface area contributed by atoms with Crippen LogP contribution >= 0.6 is 0 Å². The van der Waals surface area contributed by atoms with Gasteiger partial charge in [0, 0.05) is 26.4 Å². The van der Waals surface area contributed by atoms with Crippen LogP contribution in [0.15, 0.2) is 72.8 Å². The Morgan fingerprint density at radius 3 is 2.27 bits per heavy atom. The molecule has 0 unspecified atom stereocenters. The van der Waals surface area contributed by atoms with Gasteiger partial charge in [0.05, 0.1) is 18.9 Å². The number of ether oxygens (including phenoxy) is 1. The van der Waals surface area contributed by atoms with Crippen molar-refractivity contribution in [2.45, 2.75) is 44.6 Å². The van der Waals surface area contributed by atoms with E-state index in [0.717, 1.165) is 21.9 Å². The quantitative estimate of drug-likeness (QED) is 0.322. The highest BCUT2D eigenvalue weighted by Crippen LogP contribution is 2.20. The molecular formula is C30H33NO6.